The van der Waals surface area contributed by atoms with E-state index in [4.69, 9.17) is 16.1 Å². The molecule has 0 aliphatic carbocycles. The average molecular weight is 316 g/mol. The maximum atomic E-state index is 5.87. The van der Waals surface area contributed by atoms with E-state index in [9.17, 15) is 0 Å². The second-order valence-corrected chi connectivity index (χ2v) is 5.13. The Labute approximate surface area is 132 Å². The van der Waals surface area contributed by atoms with Crippen LogP contribution in [-0.4, -0.2) is 15.1 Å². The fraction of sp³-hybridized carbons (Fsp3) is 0.133. The van der Waals surface area contributed by atoms with Gasteiger partial charge in [0.25, 0.3) is 0 Å². The fourth-order valence-electron chi connectivity index (χ4n) is 1.85. The Morgan fingerprint density at radius 3 is 2.68 bits per heavy atom. The van der Waals surface area contributed by atoms with Gasteiger partial charge in [-0.2, -0.15) is 4.98 Å². The Kier molecular flexibility index (Phi) is 4.20. The van der Waals surface area contributed by atoms with Crippen molar-refractivity contribution in [3.05, 3.63) is 58.9 Å². The summed E-state index contributed by atoms with van der Waals surface area (Å²) in [6.07, 6.45) is 1.67. The largest absolute Gasteiger partial charge is 0.366 e. The predicted molar refractivity (Wildman–Crippen MR) is 85.3 cm³/mol. The number of nitrogens with one attached hydrogen (secondary N) is 2. The molecular weight excluding hydrogens is 302 g/mol. The highest BCUT2D eigenvalue weighted by atomic mass is 35.5. The SMILES string of the molecule is Cc1cc(Nc2nccc(NCc3ccc(Cl)cc3)n2)no1. The van der Waals surface area contributed by atoms with Crippen molar-refractivity contribution in [2.75, 3.05) is 10.6 Å². The van der Waals surface area contributed by atoms with Crippen LogP contribution in [0.2, 0.25) is 5.02 Å². The molecule has 0 amide bonds. The third-order valence-electron chi connectivity index (χ3n) is 2.91. The van der Waals surface area contributed by atoms with Crippen molar-refractivity contribution in [2.24, 2.45) is 0 Å². The Morgan fingerprint density at radius 2 is 1.95 bits per heavy atom. The van der Waals surface area contributed by atoms with E-state index in [-0.39, 0.29) is 0 Å². The summed E-state index contributed by atoms with van der Waals surface area (Å²) in [6.45, 7) is 2.47. The van der Waals surface area contributed by atoms with E-state index in [1.54, 1.807) is 18.3 Å². The van der Waals surface area contributed by atoms with Crippen LogP contribution in [0.4, 0.5) is 17.6 Å². The van der Waals surface area contributed by atoms with Gasteiger partial charge in [-0.15, -0.1) is 0 Å². The van der Waals surface area contributed by atoms with Crippen LogP contribution >= 0.6 is 11.6 Å². The van der Waals surface area contributed by atoms with E-state index in [1.807, 2.05) is 31.2 Å². The molecule has 3 aromatic rings. The van der Waals surface area contributed by atoms with Gasteiger partial charge in [0.2, 0.25) is 5.95 Å². The summed E-state index contributed by atoms with van der Waals surface area (Å²) in [5.74, 6) is 2.47. The number of hydrogen-bond donors (Lipinski definition) is 2. The minimum absolute atomic E-state index is 0.453. The van der Waals surface area contributed by atoms with Crippen LogP contribution in [0.1, 0.15) is 11.3 Å². The Hall–Kier alpha value is -2.60. The molecule has 0 radical (unpaired) electrons. The highest BCUT2D eigenvalue weighted by Gasteiger charge is 2.04. The average Bonchev–Trinajstić information content (AvgIpc) is 2.92. The zero-order chi connectivity index (χ0) is 15.4. The Morgan fingerprint density at radius 1 is 1.14 bits per heavy atom. The number of anilines is 3. The van der Waals surface area contributed by atoms with Gasteiger partial charge in [0.15, 0.2) is 5.82 Å². The summed E-state index contributed by atoms with van der Waals surface area (Å²) in [4.78, 5) is 8.52. The van der Waals surface area contributed by atoms with Crippen molar-refractivity contribution in [3.63, 3.8) is 0 Å². The minimum Gasteiger partial charge on any atom is -0.366 e. The van der Waals surface area contributed by atoms with Crippen LogP contribution in [0.15, 0.2) is 47.1 Å². The minimum atomic E-state index is 0.453. The van der Waals surface area contributed by atoms with Crippen LogP contribution in [0.3, 0.4) is 0 Å². The first-order valence-corrected chi connectivity index (χ1v) is 7.08. The van der Waals surface area contributed by atoms with E-state index in [2.05, 4.69) is 25.8 Å². The molecule has 0 aliphatic rings. The number of nitrogens with zero attached hydrogens (tertiary/aromatic N) is 3. The van der Waals surface area contributed by atoms with E-state index in [1.165, 1.54) is 0 Å². The smallest absolute Gasteiger partial charge is 0.230 e. The summed E-state index contributed by atoms with van der Waals surface area (Å²) < 4.78 is 4.99. The second-order valence-electron chi connectivity index (χ2n) is 4.69. The van der Waals surface area contributed by atoms with Crippen molar-refractivity contribution in [3.8, 4) is 0 Å². The lowest BCUT2D eigenvalue weighted by Gasteiger charge is -2.07. The molecule has 0 atom stereocenters. The van der Waals surface area contributed by atoms with Crippen LogP contribution in [0, 0.1) is 6.92 Å². The number of rotatable bonds is 5. The van der Waals surface area contributed by atoms with Crippen molar-refractivity contribution >= 4 is 29.2 Å². The van der Waals surface area contributed by atoms with E-state index < -0.39 is 0 Å². The number of aromatic nitrogens is 3. The first kappa shape index (κ1) is 14.3. The van der Waals surface area contributed by atoms with Gasteiger partial charge in [0, 0.05) is 23.8 Å². The van der Waals surface area contributed by atoms with Crippen LogP contribution in [-0.2, 0) is 6.54 Å². The summed E-state index contributed by atoms with van der Waals surface area (Å²) >= 11 is 5.87. The predicted octanol–water partition coefficient (Wildman–Crippen LogP) is 3.78. The summed E-state index contributed by atoms with van der Waals surface area (Å²) in [5, 5.41) is 10.8. The lowest BCUT2D eigenvalue weighted by Crippen LogP contribution is -2.04. The summed E-state index contributed by atoms with van der Waals surface area (Å²) in [5.41, 5.74) is 1.12. The fourth-order valence-corrected chi connectivity index (χ4v) is 1.98. The Bertz CT molecular complexity index is 757. The number of benzene rings is 1. The highest BCUT2D eigenvalue weighted by Crippen LogP contribution is 2.15. The molecule has 0 bridgehead atoms. The molecule has 0 fully saturated rings. The monoisotopic (exact) mass is 315 g/mol. The summed E-state index contributed by atoms with van der Waals surface area (Å²) in [6, 6.07) is 11.2. The van der Waals surface area contributed by atoms with Gasteiger partial charge in [-0.05, 0) is 30.7 Å². The molecule has 1 aromatic carbocycles. The molecule has 2 heterocycles. The first-order valence-electron chi connectivity index (χ1n) is 6.71. The van der Waals surface area contributed by atoms with Gasteiger partial charge < -0.3 is 15.2 Å². The van der Waals surface area contributed by atoms with Crippen LogP contribution in [0.5, 0.6) is 0 Å². The maximum Gasteiger partial charge on any atom is 0.230 e. The van der Waals surface area contributed by atoms with Gasteiger partial charge in [-0.1, -0.05) is 28.9 Å². The molecule has 7 heteroatoms. The zero-order valence-corrected chi connectivity index (χ0v) is 12.6. The first-order chi connectivity index (χ1) is 10.7. The molecule has 2 aromatic heterocycles. The van der Waals surface area contributed by atoms with Crippen molar-refractivity contribution in [1.29, 1.82) is 0 Å². The quantitative estimate of drug-likeness (QED) is 0.746. The lowest BCUT2D eigenvalue weighted by molar-refractivity contribution is 0.400. The second kappa shape index (κ2) is 6.44. The molecule has 0 unspecified atom stereocenters. The molecule has 3 rings (SSSR count). The molecule has 22 heavy (non-hydrogen) atoms. The van der Waals surface area contributed by atoms with E-state index >= 15 is 0 Å². The molecule has 0 aliphatic heterocycles. The van der Waals surface area contributed by atoms with Crippen LogP contribution in [0.25, 0.3) is 0 Å². The third kappa shape index (κ3) is 3.73. The molecule has 2 N–H and O–H groups in total. The van der Waals surface area contributed by atoms with E-state index in [0.717, 1.165) is 16.3 Å². The Balaban J connectivity index is 1.64. The van der Waals surface area contributed by atoms with Gasteiger partial charge >= 0.3 is 0 Å². The van der Waals surface area contributed by atoms with E-state index in [0.29, 0.717) is 24.1 Å². The molecule has 112 valence electrons. The van der Waals surface area contributed by atoms with Gasteiger partial charge in [-0.25, -0.2) is 4.98 Å². The normalized spacial score (nSPS) is 10.5. The van der Waals surface area contributed by atoms with Crippen molar-refractivity contribution in [1.82, 2.24) is 15.1 Å². The lowest BCUT2D eigenvalue weighted by atomic mass is 10.2. The molecule has 0 saturated carbocycles. The van der Waals surface area contributed by atoms with Crippen LogP contribution < -0.4 is 10.6 Å². The summed E-state index contributed by atoms with van der Waals surface area (Å²) in [7, 11) is 0. The van der Waals surface area contributed by atoms with Crippen molar-refractivity contribution < 1.29 is 4.52 Å². The van der Waals surface area contributed by atoms with Gasteiger partial charge in [0.1, 0.15) is 11.6 Å². The maximum absolute atomic E-state index is 5.87. The standard InChI is InChI=1S/C15H14ClN5O/c1-10-8-14(21-22-10)20-15-17-7-6-13(19-15)18-9-11-2-4-12(16)5-3-11/h2-8H,9H2,1H3,(H2,17,18,19,20,21). The third-order valence-corrected chi connectivity index (χ3v) is 3.16. The highest BCUT2D eigenvalue weighted by molar-refractivity contribution is 6.30. The molecule has 0 spiro atoms. The molecule has 0 saturated heterocycles. The van der Waals surface area contributed by atoms with Crippen molar-refractivity contribution in [2.45, 2.75) is 13.5 Å². The molecular formula is C15H14ClN5O. The number of aryl methyl sites for hydroxylation is 1. The van der Waals surface area contributed by atoms with Gasteiger partial charge in [-0.3, -0.25) is 0 Å². The number of halogens is 1. The zero-order valence-electron chi connectivity index (χ0n) is 11.9. The number of hydrogen-bond acceptors (Lipinski definition) is 6. The molecule has 6 nitrogen and oxygen atoms in total. The topological polar surface area (TPSA) is 75.9 Å². The van der Waals surface area contributed by atoms with Gasteiger partial charge in [0.05, 0.1) is 0 Å².